The number of fused-ring (bicyclic) bond motifs is 2. The lowest BCUT2D eigenvalue weighted by molar-refractivity contribution is 0.481. The third kappa shape index (κ3) is 2.69. The highest BCUT2D eigenvalue weighted by Crippen LogP contribution is 2.44. The van der Waals surface area contributed by atoms with Crippen LogP contribution < -0.4 is 20.3 Å². The average molecular weight is 297 g/mol. The van der Waals surface area contributed by atoms with Gasteiger partial charge in [0.15, 0.2) is 11.5 Å². The number of hydrogen-bond donors (Lipinski definition) is 2. The van der Waals surface area contributed by atoms with E-state index in [9.17, 15) is 0 Å². The maximum atomic E-state index is 6.12. The molecular weight excluding hydrogens is 274 g/mol. The van der Waals surface area contributed by atoms with Gasteiger partial charge < -0.3 is 20.3 Å². The van der Waals surface area contributed by atoms with Crippen LogP contribution in [0.25, 0.3) is 0 Å². The molecule has 0 atom stereocenters. The van der Waals surface area contributed by atoms with Gasteiger partial charge in [0.1, 0.15) is 0 Å². The monoisotopic (exact) mass is 297 g/mol. The normalized spacial score (nSPS) is 11.8. The summed E-state index contributed by atoms with van der Waals surface area (Å²) < 4.78 is 6.12. The summed E-state index contributed by atoms with van der Waals surface area (Å²) in [6.45, 7) is 9.30. The molecule has 2 aromatic carbocycles. The van der Waals surface area contributed by atoms with Crippen molar-refractivity contribution in [2.75, 3.05) is 35.2 Å². The van der Waals surface area contributed by atoms with Crippen LogP contribution in [0.15, 0.2) is 36.4 Å². The zero-order chi connectivity index (χ0) is 15.5. The fraction of sp³-hybridized carbons (Fsp3) is 0.333. The number of nitrogens with zero attached hydrogens (tertiary/aromatic N) is 1. The third-order valence-electron chi connectivity index (χ3n) is 3.95. The van der Waals surface area contributed by atoms with E-state index in [4.69, 9.17) is 4.74 Å². The molecule has 4 nitrogen and oxygen atoms in total. The van der Waals surface area contributed by atoms with Crippen molar-refractivity contribution in [3.8, 4) is 11.5 Å². The number of anilines is 4. The van der Waals surface area contributed by atoms with Crippen LogP contribution in [0.4, 0.5) is 22.7 Å². The van der Waals surface area contributed by atoms with Crippen LogP contribution in [0, 0.1) is 0 Å². The summed E-state index contributed by atoms with van der Waals surface area (Å²) in [7, 11) is 0. The summed E-state index contributed by atoms with van der Waals surface area (Å²) in [5.41, 5.74) is 4.28. The molecule has 4 heteroatoms. The van der Waals surface area contributed by atoms with E-state index in [2.05, 4.69) is 66.6 Å². The minimum Gasteiger partial charge on any atom is -0.453 e. The molecule has 116 valence electrons. The lowest BCUT2D eigenvalue weighted by Crippen LogP contribution is -2.21. The topological polar surface area (TPSA) is 36.5 Å². The molecule has 22 heavy (non-hydrogen) atoms. The summed E-state index contributed by atoms with van der Waals surface area (Å²) >= 11 is 0. The Morgan fingerprint density at radius 3 is 2.32 bits per heavy atom. The highest BCUT2D eigenvalue weighted by molar-refractivity contribution is 5.79. The fourth-order valence-electron chi connectivity index (χ4n) is 2.77. The van der Waals surface area contributed by atoms with Gasteiger partial charge in [-0.1, -0.05) is 0 Å². The second kappa shape index (κ2) is 6.18. The van der Waals surface area contributed by atoms with E-state index in [1.807, 2.05) is 6.07 Å². The maximum absolute atomic E-state index is 6.12. The second-order valence-corrected chi connectivity index (χ2v) is 5.32. The van der Waals surface area contributed by atoms with Crippen molar-refractivity contribution in [1.29, 1.82) is 0 Å². The molecule has 0 saturated heterocycles. The Labute approximate surface area is 132 Å². The first kappa shape index (κ1) is 14.6. The summed E-state index contributed by atoms with van der Waals surface area (Å²) in [5.74, 6) is 1.74. The minimum absolute atomic E-state index is 0.864. The van der Waals surface area contributed by atoms with Crippen LogP contribution in [0.3, 0.4) is 0 Å². The van der Waals surface area contributed by atoms with Gasteiger partial charge in [-0.3, -0.25) is 0 Å². The van der Waals surface area contributed by atoms with Gasteiger partial charge >= 0.3 is 0 Å². The molecule has 0 aromatic heterocycles. The van der Waals surface area contributed by atoms with E-state index in [-0.39, 0.29) is 0 Å². The van der Waals surface area contributed by atoms with Crippen LogP contribution in [0.1, 0.15) is 20.8 Å². The molecular formula is C18H23N3O. The SMILES string of the molecule is CCNc1ccc2c(c1)Oc1cc(N(CC)CC)ccc1N2. The molecule has 0 amide bonds. The largest absolute Gasteiger partial charge is 0.453 e. The van der Waals surface area contributed by atoms with E-state index in [0.717, 1.165) is 48.2 Å². The number of benzene rings is 2. The van der Waals surface area contributed by atoms with Gasteiger partial charge in [-0.25, -0.2) is 0 Å². The predicted octanol–water partition coefficient (Wildman–Crippen LogP) is 4.81. The Bertz CT molecular complexity index is 665. The molecule has 0 unspecified atom stereocenters. The van der Waals surface area contributed by atoms with Gasteiger partial charge in [0.25, 0.3) is 0 Å². The van der Waals surface area contributed by atoms with Gasteiger partial charge in [0.2, 0.25) is 0 Å². The van der Waals surface area contributed by atoms with Crippen molar-refractivity contribution in [2.24, 2.45) is 0 Å². The highest BCUT2D eigenvalue weighted by Gasteiger charge is 2.18. The molecule has 0 aliphatic carbocycles. The summed E-state index contributed by atoms with van der Waals surface area (Å²) in [6.07, 6.45) is 0. The van der Waals surface area contributed by atoms with E-state index in [0.29, 0.717) is 0 Å². The van der Waals surface area contributed by atoms with Crippen LogP contribution >= 0.6 is 0 Å². The average Bonchev–Trinajstić information content (AvgIpc) is 2.54. The molecule has 3 rings (SSSR count). The van der Waals surface area contributed by atoms with Gasteiger partial charge in [-0.2, -0.15) is 0 Å². The molecule has 1 aliphatic heterocycles. The standard InChI is InChI=1S/C18H23N3O/c1-4-19-13-7-9-15-17(11-13)22-18-12-14(21(5-2)6-3)8-10-16(18)20-15/h7-12,19-20H,4-6H2,1-3H3. The van der Waals surface area contributed by atoms with E-state index in [1.54, 1.807) is 0 Å². The predicted molar refractivity (Wildman–Crippen MR) is 94.0 cm³/mol. The summed E-state index contributed by atoms with van der Waals surface area (Å²) in [4.78, 5) is 2.31. The van der Waals surface area contributed by atoms with Crippen LogP contribution in [-0.4, -0.2) is 19.6 Å². The molecule has 0 radical (unpaired) electrons. The van der Waals surface area contributed by atoms with Crippen molar-refractivity contribution < 1.29 is 4.74 Å². The number of nitrogens with one attached hydrogen (secondary N) is 2. The second-order valence-electron chi connectivity index (χ2n) is 5.32. The molecule has 0 fully saturated rings. The number of ether oxygens (including phenoxy) is 1. The first-order valence-electron chi connectivity index (χ1n) is 7.97. The van der Waals surface area contributed by atoms with Crippen molar-refractivity contribution >= 4 is 22.7 Å². The van der Waals surface area contributed by atoms with Crippen molar-refractivity contribution in [2.45, 2.75) is 20.8 Å². The zero-order valence-corrected chi connectivity index (χ0v) is 13.4. The molecule has 1 aliphatic rings. The smallest absolute Gasteiger partial charge is 0.153 e. The quantitative estimate of drug-likeness (QED) is 0.708. The Hall–Kier alpha value is -2.36. The van der Waals surface area contributed by atoms with Crippen molar-refractivity contribution in [1.82, 2.24) is 0 Å². The Morgan fingerprint density at radius 1 is 0.955 bits per heavy atom. The molecule has 0 spiro atoms. The van der Waals surface area contributed by atoms with Gasteiger partial charge in [0.05, 0.1) is 11.4 Å². The van der Waals surface area contributed by atoms with Crippen LogP contribution in [0.5, 0.6) is 11.5 Å². The Kier molecular flexibility index (Phi) is 4.09. The zero-order valence-electron chi connectivity index (χ0n) is 13.4. The minimum atomic E-state index is 0.864. The van der Waals surface area contributed by atoms with E-state index < -0.39 is 0 Å². The summed E-state index contributed by atoms with van der Waals surface area (Å²) in [6, 6.07) is 12.5. The summed E-state index contributed by atoms with van der Waals surface area (Å²) in [5, 5.41) is 6.75. The van der Waals surface area contributed by atoms with Crippen molar-refractivity contribution in [3.63, 3.8) is 0 Å². The van der Waals surface area contributed by atoms with E-state index in [1.165, 1.54) is 5.69 Å². The lowest BCUT2D eigenvalue weighted by Gasteiger charge is -2.26. The maximum Gasteiger partial charge on any atom is 0.153 e. The number of rotatable bonds is 5. The Balaban J connectivity index is 1.91. The van der Waals surface area contributed by atoms with Gasteiger partial charge in [-0.05, 0) is 45.0 Å². The first-order chi connectivity index (χ1) is 10.7. The first-order valence-corrected chi connectivity index (χ1v) is 7.97. The fourth-order valence-corrected chi connectivity index (χ4v) is 2.77. The van der Waals surface area contributed by atoms with Crippen LogP contribution in [-0.2, 0) is 0 Å². The highest BCUT2D eigenvalue weighted by atomic mass is 16.5. The third-order valence-corrected chi connectivity index (χ3v) is 3.95. The number of hydrogen-bond acceptors (Lipinski definition) is 4. The molecule has 0 bridgehead atoms. The molecule has 0 saturated carbocycles. The molecule has 2 N–H and O–H groups in total. The molecule has 1 heterocycles. The van der Waals surface area contributed by atoms with E-state index >= 15 is 0 Å². The Morgan fingerprint density at radius 2 is 1.64 bits per heavy atom. The lowest BCUT2D eigenvalue weighted by atomic mass is 10.1. The molecule has 2 aromatic rings. The van der Waals surface area contributed by atoms with Crippen LogP contribution in [0.2, 0.25) is 0 Å². The van der Waals surface area contributed by atoms with Gasteiger partial charge in [0, 0.05) is 43.1 Å². The van der Waals surface area contributed by atoms with Crippen molar-refractivity contribution in [3.05, 3.63) is 36.4 Å². The van der Waals surface area contributed by atoms with Gasteiger partial charge in [-0.15, -0.1) is 0 Å².